The second kappa shape index (κ2) is 9.92. The smallest absolute Gasteiger partial charge is 0.206 e. The van der Waals surface area contributed by atoms with Gasteiger partial charge in [0.15, 0.2) is 4.34 Å². The lowest BCUT2D eigenvalue weighted by molar-refractivity contribution is 0.126. The van der Waals surface area contributed by atoms with Crippen molar-refractivity contribution in [2.24, 2.45) is 0 Å². The number of nitrogens with one attached hydrogen (secondary N) is 1. The van der Waals surface area contributed by atoms with Crippen LogP contribution in [0.15, 0.2) is 58.9 Å². The molecule has 0 spiro atoms. The van der Waals surface area contributed by atoms with Crippen LogP contribution in [0.4, 0.5) is 5.13 Å². The van der Waals surface area contributed by atoms with Crippen molar-refractivity contribution in [1.82, 2.24) is 10.2 Å². The van der Waals surface area contributed by atoms with Crippen LogP contribution < -0.4 is 10.1 Å². The first-order valence-corrected chi connectivity index (χ1v) is 10.1. The van der Waals surface area contributed by atoms with Gasteiger partial charge in [0, 0.05) is 12.3 Å². The molecule has 3 aromatic rings. The van der Waals surface area contributed by atoms with Gasteiger partial charge < -0.3 is 15.2 Å². The quantitative estimate of drug-likeness (QED) is 0.533. The van der Waals surface area contributed by atoms with Crippen LogP contribution in [-0.4, -0.2) is 33.8 Å². The summed E-state index contributed by atoms with van der Waals surface area (Å²) in [5, 5.41) is 31.1. The lowest BCUT2D eigenvalue weighted by atomic mass is 10.2. The van der Waals surface area contributed by atoms with Crippen LogP contribution in [0.2, 0.25) is 0 Å². The van der Waals surface area contributed by atoms with Crippen LogP contribution in [0.3, 0.4) is 0 Å². The van der Waals surface area contributed by atoms with E-state index in [0.717, 1.165) is 9.47 Å². The molecule has 0 bridgehead atoms. The van der Waals surface area contributed by atoms with Crippen molar-refractivity contribution in [3.05, 3.63) is 65.7 Å². The highest BCUT2D eigenvalue weighted by molar-refractivity contribution is 8.01. The van der Waals surface area contributed by atoms with E-state index in [0.29, 0.717) is 23.6 Å². The standard InChI is InChI=1S/C19H18N4O2S2/c20-10-14-6-8-17(9-7-14)25-12-16(24)13-26-19-23-22-18(27-19)21-11-15-4-2-1-3-5-15/h1-9,16,24H,11-13H2,(H,21,22). The maximum absolute atomic E-state index is 10.1. The Hall–Kier alpha value is -2.60. The number of hydrogen-bond acceptors (Lipinski definition) is 8. The molecule has 2 N–H and O–H groups in total. The van der Waals surface area contributed by atoms with Gasteiger partial charge in [-0.3, -0.25) is 0 Å². The summed E-state index contributed by atoms with van der Waals surface area (Å²) < 4.78 is 6.33. The Kier molecular flexibility index (Phi) is 7.04. The van der Waals surface area contributed by atoms with Crippen LogP contribution in [0.1, 0.15) is 11.1 Å². The highest BCUT2D eigenvalue weighted by Crippen LogP contribution is 2.26. The summed E-state index contributed by atoms with van der Waals surface area (Å²) in [6, 6.07) is 18.9. The number of aromatic nitrogens is 2. The van der Waals surface area contributed by atoms with E-state index >= 15 is 0 Å². The van der Waals surface area contributed by atoms with Crippen LogP contribution in [-0.2, 0) is 6.54 Å². The van der Waals surface area contributed by atoms with Crippen LogP contribution in [0, 0.1) is 11.3 Å². The fourth-order valence-electron chi connectivity index (χ4n) is 2.15. The Morgan fingerprint density at radius 2 is 1.93 bits per heavy atom. The molecule has 1 aromatic heterocycles. The predicted octanol–water partition coefficient (Wildman–Crippen LogP) is 3.55. The molecular weight excluding hydrogens is 380 g/mol. The fraction of sp³-hybridized carbons (Fsp3) is 0.211. The number of nitriles is 1. The van der Waals surface area contributed by atoms with Crippen molar-refractivity contribution in [3.8, 4) is 11.8 Å². The average Bonchev–Trinajstić information content (AvgIpc) is 3.18. The van der Waals surface area contributed by atoms with Gasteiger partial charge in [0.05, 0.1) is 17.7 Å². The zero-order chi connectivity index (χ0) is 18.9. The molecule has 0 amide bonds. The number of hydrogen-bond donors (Lipinski definition) is 2. The zero-order valence-corrected chi connectivity index (χ0v) is 16.0. The maximum Gasteiger partial charge on any atom is 0.206 e. The van der Waals surface area contributed by atoms with Gasteiger partial charge in [-0.15, -0.1) is 10.2 Å². The minimum atomic E-state index is -0.629. The third-order valence-corrected chi connectivity index (χ3v) is 5.68. The molecule has 2 aromatic carbocycles. The number of aliphatic hydroxyl groups excluding tert-OH is 1. The van der Waals surface area contributed by atoms with E-state index in [1.807, 2.05) is 30.3 Å². The first-order chi connectivity index (χ1) is 13.2. The van der Waals surface area contributed by atoms with Crippen molar-refractivity contribution >= 4 is 28.2 Å². The number of rotatable bonds is 9. The van der Waals surface area contributed by atoms with Crippen molar-refractivity contribution in [2.75, 3.05) is 17.7 Å². The van der Waals surface area contributed by atoms with E-state index in [1.165, 1.54) is 28.7 Å². The third-order valence-electron chi connectivity index (χ3n) is 3.52. The molecule has 3 rings (SSSR count). The van der Waals surface area contributed by atoms with Gasteiger partial charge in [0.25, 0.3) is 0 Å². The summed E-state index contributed by atoms with van der Waals surface area (Å²) in [5.74, 6) is 1.09. The molecule has 0 aliphatic carbocycles. The fourth-order valence-corrected chi connectivity index (χ4v) is 3.83. The van der Waals surface area contributed by atoms with Crippen molar-refractivity contribution < 1.29 is 9.84 Å². The third kappa shape index (κ3) is 6.25. The van der Waals surface area contributed by atoms with Crippen molar-refractivity contribution in [1.29, 1.82) is 5.26 Å². The Labute approximate surface area is 165 Å². The largest absolute Gasteiger partial charge is 0.491 e. The van der Waals surface area contributed by atoms with E-state index < -0.39 is 6.10 Å². The minimum absolute atomic E-state index is 0.177. The van der Waals surface area contributed by atoms with Crippen LogP contribution >= 0.6 is 23.1 Å². The number of thioether (sulfide) groups is 1. The molecule has 6 nitrogen and oxygen atoms in total. The highest BCUT2D eigenvalue weighted by atomic mass is 32.2. The summed E-state index contributed by atoms with van der Waals surface area (Å²) in [6.45, 7) is 0.873. The molecule has 27 heavy (non-hydrogen) atoms. The number of anilines is 1. The van der Waals surface area contributed by atoms with Crippen molar-refractivity contribution in [2.45, 2.75) is 17.0 Å². The molecule has 0 saturated heterocycles. The van der Waals surface area contributed by atoms with Gasteiger partial charge in [-0.05, 0) is 29.8 Å². The minimum Gasteiger partial charge on any atom is -0.491 e. The summed E-state index contributed by atoms with van der Waals surface area (Å²) in [7, 11) is 0. The van der Waals surface area contributed by atoms with E-state index in [2.05, 4.69) is 21.6 Å². The van der Waals surface area contributed by atoms with E-state index in [-0.39, 0.29) is 6.61 Å². The molecule has 0 radical (unpaired) electrons. The molecule has 8 heteroatoms. The lowest BCUT2D eigenvalue weighted by Gasteiger charge is -2.11. The topological polar surface area (TPSA) is 91.1 Å². The highest BCUT2D eigenvalue weighted by Gasteiger charge is 2.10. The normalized spacial score (nSPS) is 11.6. The second-order valence-corrected chi connectivity index (χ2v) is 7.87. The molecule has 0 aliphatic rings. The summed E-state index contributed by atoms with van der Waals surface area (Å²) in [5.41, 5.74) is 1.75. The lowest BCUT2D eigenvalue weighted by Crippen LogP contribution is -2.20. The molecule has 0 saturated carbocycles. The Bertz CT molecular complexity index is 879. The molecule has 0 aliphatic heterocycles. The van der Waals surface area contributed by atoms with Crippen LogP contribution in [0.25, 0.3) is 0 Å². The number of ether oxygens (including phenoxy) is 1. The Morgan fingerprint density at radius 3 is 2.67 bits per heavy atom. The molecule has 0 fully saturated rings. The Balaban J connectivity index is 1.39. The zero-order valence-electron chi connectivity index (χ0n) is 14.4. The van der Waals surface area contributed by atoms with E-state index in [4.69, 9.17) is 10.00 Å². The van der Waals surface area contributed by atoms with Gasteiger partial charge in [-0.1, -0.05) is 53.4 Å². The first kappa shape index (κ1) is 19.2. The first-order valence-electron chi connectivity index (χ1n) is 8.28. The monoisotopic (exact) mass is 398 g/mol. The van der Waals surface area contributed by atoms with Crippen LogP contribution in [0.5, 0.6) is 5.75 Å². The van der Waals surface area contributed by atoms with Gasteiger partial charge in [0.2, 0.25) is 5.13 Å². The second-order valence-electron chi connectivity index (χ2n) is 5.62. The molecule has 1 atom stereocenters. The van der Waals surface area contributed by atoms with Gasteiger partial charge >= 0.3 is 0 Å². The molecule has 1 unspecified atom stereocenters. The van der Waals surface area contributed by atoms with Crippen molar-refractivity contribution in [3.63, 3.8) is 0 Å². The maximum atomic E-state index is 10.1. The average molecular weight is 399 g/mol. The van der Waals surface area contributed by atoms with E-state index in [9.17, 15) is 5.11 Å². The van der Waals surface area contributed by atoms with Gasteiger partial charge in [-0.2, -0.15) is 5.26 Å². The summed E-state index contributed by atoms with van der Waals surface area (Å²) >= 11 is 2.90. The summed E-state index contributed by atoms with van der Waals surface area (Å²) in [4.78, 5) is 0. The van der Waals surface area contributed by atoms with E-state index in [1.54, 1.807) is 24.3 Å². The number of aliphatic hydroxyl groups is 1. The predicted molar refractivity (Wildman–Crippen MR) is 107 cm³/mol. The molecular formula is C19H18N4O2S2. The SMILES string of the molecule is N#Cc1ccc(OCC(O)CSc2nnc(NCc3ccccc3)s2)cc1. The molecule has 138 valence electrons. The van der Waals surface area contributed by atoms with Gasteiger partial charge in [0.1, 0.15) is 12.4 Å². The summed E-state index contributed by atoms with van der Waals surface area (Å²) in [6.07, 6.45) is -0.629. The number of benzene rings is 2. The van der Waals surface area contributed by atoms with Gasteiger partial charge in [-0.25, -0.2) is 0 Å². The molecule has 1 heterocycles. The number of nitrogens with zero attached hydrogens (tertiary/aromatic N) is 3. The Morgan fingerprint density at radius 1 is 1.15 bits per heavy atom.